The number of piperazine rings is 1. The number of nitrogens with one attached hydrogen (secondary N) is 1. The zero-order valence-corrected chi connectivity index (χ0v) is 15.3. The van der Waals surface area contributed by atoms with E-state index < -0.39 is 17.6 Å². The van der Waals surface area contributed by atoms with Crippen molar-refractivity contribution in [3.63, 3.8) is 0 Å². The van der Waals surface area contributed by atoms with E-state index in [1.165, 1.54) is 18.2 Å². The van der Waals surface area contributed by atoms with E-state index in [-0.39, 0.29) is 18.1 Å². The molecule has 1 saturated heterocycles. The lowest BCUT2D eigenvalue weighted by atomic mass is 10.2. The average molecular weight is 396 g/mol. The van der Waals surface area contributed by atoms with Gasteiger partial charge >= 0.3 is 6.18 Å². The number of aromatic nitrogens is 1. The zero-order chi connectivity index (χ0) is 20.3. The monoisotopic (exact) mass is 396 g/mol. The van der Waals surface area contributed by atoms with E-state index in [1.807, 2.05) is 9.80 Å². The van der Waals surface area contributed by atoms with Gasteiger partial charge in [-0.2, -0.15) is 13.2 Å². The van der Waals surface area contributed by atoms with Crippen molar-refractivity contribution in [1.82, 2.24) is 9.88 Å². The lowest BCUT2D eigenvalue weighted by Crippen LogP contribution is -2.49. The van der Waals surface area contributed by atoms with Gasteiger partial charge in [0.1, 0.15) is 11.6 Å². The third-order valence-corrected chi connectivity index (χ3v) is 4.54. The Kier molecular flexibility index (Phi) is 5.83. The number of benzene rings is 1. The van der Waals surface area contributed by atoms with Crippen LogP contribution in [0.1, 0.15) is 11.1 Å². The second kappa shape index (κ2) is 8.14. The molecule has 9 heteroatoms. The van der Waals surface area contributed by atoms with E-state index in [9.17, 15) is 22.4 Å². The van der Waals surface area contributed by atoms with Crippen molar-refractivity contribution in [3.05, 3.63) is 53.5 Å². The van der Waals surface area contributed by atoms with Gasteiger partial charge in [-0.05, 0) is 36.8 Å². The summed E-state index contributed by atoms with van der Waals surface area (Å²) in [6.45, 7) is 4.04. The highest BCUT2D eigenvalue weighted by atomic mass is 19.4. The van der Waals surface area contributed by atoms with Crippen LogP contribution >= 0.6 is 0 Å². The minimum Gasteiger partial charge on any atom is -0.354 e. The topological polar surface area (TPSA) is 48.5 Å². The quantitative estimate of drug-likeness (QED) is 0.806. The fraction of sp³-hybridized carbons (Fsp3) is 0.368. The molecular weight excluding hydrogens is 376 g/mol. The Labute approximate surface area is 160 Å². The van der Waals surface area contributed by atoms with Crippen molar-refractivity contribution < 1.29 is 22.4 Å². The molecule has 0 atom stereocenters. The standard InChI is InChI=1S/C19H20F4N4O/c1-13-2-4-16(15(20)10-13)25-18(28)12-26-6-8-27(9-7-26)17-5-3-14(11-24-17)19(21,22)23/h2-5,10-11H,6-9,12H2,1H3,(H,25,28). The van der Waals surface area contributed by atoms with E-state index in [0.717, 1.165) is 17.8 Å². The third kappa shape index (κ3) is 4.98. The van der Waals surface area contributed by atoms with Gasteiger partial charge < -0.3 is 10.2 Å². The molecule has 0 unspecified atom stereocenters. The Morgan fingerprint density at radius 2 is 1.86 bits per heavy atom. The van der Waals surface area contributed by atoms with Crippen LogP contribution in [0.2, 0.25) is 0 Å². The number of pyridine rings is 1. The molecule has 1 amide bonds. The molecule has 0 saturated carbocycles. The molecule has 1 aliphatic rings. The molecule has 0 bridgehead atoms. The summed E-state index contributed by atoms with van der Waals surface area (Å²) in [5.41, 5.74) is 0.126. The van der Waals surface area contributed by atoms with Gasteiger partial charge in [-0.25, -0.2) is 9.37 Å². The molecule has 3 rings (SSSR count). The summed E-state index contributed by atoms with van der Waals surface area (Å²) in [4.78, 5) is 19.8. The Morgan fingerprint density at radius 3 is 2.43 bits per heavy atom. The summed E-state index contributed by atoms with van der Waals surface area (Å²) in [6, 6.07) is 6.96. The molecule has 2 aromatic rings. The van der Waals surface area contributed by atoms with Crippen LogP contribution in [0.3, 0.4) is 0 Å². The number of hydrogen-bond acceptors (Lipinski definition) is 4. The number of alkyl halides is 3. The molecule has 150 valence electrons. The number of rotatable bonds is 4. The maximum absolute atomic E-state index is 13.8. The summed E-state index contributed by atoms with van der Waals surface area (Å²) >= 11 is 0. The van der Waals surface area contributed by atoms with E-state index in [4.69, 9.17) is 0 Å². The largest absolute Gasteiger partial charge is 0.417 e. The van der Waals surface area contributed by atoms with Gasteiger partial charge in [0, 0.05) is 32.4 Å². The highest BCUT2D eigenvalue weighted by molar-refractivity contribution is 5.92. The number of aryl methyl sites for hydroxylation is 1. The molecule has 0 radical (unpaired) electrons. The van der Waals surface area contributed by atoms with E-state index >= 15 is 0 Å². The maximum Gasteiger partial charge on any atom is 0.417 e. The lowest BCUT2D eigenvalue weighted by Gasteiger charge is -2.35. The molecule has 2 heterocycles. The minimum atomic E-state index is -4.41. The first-order chi connectivity index (χ1) is 13.2. The summed E-state index contributed by atoms with van der Waals surface area (Å²) in [6.07, 6.45) is -3.58. The summed E-state index contributed by atoms with van der Waals surface area (Å²) in [5.74, 6) is -0.325. The van der Waals surface area contributed by atoms with Gasteiger partial charge in [-0.3, -0.25) is 9.69 Å². The van der Waals surface area contributed by atoms with Crippen molar-refractivity contribution in [2.75, 3.05) is 42.9 Å². The Morgan fingerprint density at radius 1 is 1.14 bits per heavy atom. The maximum atomic E-state index is 13.8. The molecule has 0 spiro atoms. The van der Waals surface area contributed by atoms with Crippen molar-refractivity contribution >= 4 is 17.4 Å². The van der Waals surface area contributed by atoms with Gasteiger partial charge in [0.25, 0.3) is 0 Å². The molecule has 5 nitrogen and oxygen atoms in total. The predicted octanol–water partition coefficient (Wildman–Crippen LogP) is 3.31. The van der Waals surface area contributed by atoms with Crippen LogP contribution in [-0.4, -0.2) is 48.5 Å². The number of halogens is 4. The smallest absolute Gasteiger partial charge is 0.354 e. The van der Waals surface area contributed by atoms with Crippen molar-refractivity contribution in [2.24, 2.45) is 0 Å². The zero-order valence-electron chi connectivity index (χ0n) is 15.3. The third-order valence-electron chi connectivity index (χ3n) is 4.54. The second-order valence-electron chi connectivity index (χ2n) is 6.70. The Hall–Kier alpha value is -2.68. The molecule has 1 aromatic heterocycles. The minimum absolute atomic E-state index is 0.113. The van der Waals surface area contributed by atoms with Gasteiger partial charge in [0.05, 0.1) is 17.8 Å². The average Bonchev–Trinajstić information content (AvgIpc) is 2.64. The molecular formula is C19H20F4N4O. The van der Waals surface area contributed by atoms with Gasteiger partial charge in [-0.1, -0.05) is 6.07 Å². The van der Waals surface area contributed by atoms with Crippen LogP contribution in [0, 0.1) is 12.7 Å². The number of nitrogens with zero attached hydrogens (tertiary/aromatic N) is 3. The second-order valence-corrected chi connectivity index (χ2v) is 6.70. The molecule has 1 aromatic carbocycles. The van der Waals surface area contributed by atoms with Crippen molar-refractivity contribution in [1.29, 1.82) is 0 Å². The number of hydrogen-bond donors (Lipinski definition) is 1. The SMILES string of the molecule is Cc1ccc(NC(=O)CN2CCN(c3ccc(C(F)(F)F)cn3)CC2)c(F)c1. The summed E-state index contributed by atoms with van der Waals surface area (Å²) < 4.78 is 51.7. The first-order valence-corrected chi connectivity index (χ1v) is 8.79. The molecule has 1 aliphatic heterocycles. The fourth-order valence-electron chi connectivity index (χ4n) is 2.99. The normalized spacial score (nSPS) is 15.5. The van der Waals surface area contributed by atoms with Crippen molar-refractivity contribution in [2.45, 2.75) is 13.1 Å². The predicted molar refractivity (Wildman–Crippen MR) is 97.7 cm³/mol. The lowest BCUT2D eigenvalue weighted by molar-refractivity contribution is -0.137. The van der Waals surface area contributed by atoms with Crippen LogP contribution in [0.25, 0.3) is 0 Å². The van der Waals surface area contributed by atoms with E-state index in [0.29, 0.717) is 32.0 Å². The van der Waals surface area contributed by atoms with E-state index in [2.05, 4.69) is 10.3 Å². The van der Waals surface area contributed by atoms with Crippen LogP contribution in [0.5, 0.6) is 0 Å². The van der Waals surface area contributed by atoms with Gasteiger partial charge in [0.2, 0.25) is 5.91 Å². The first kappa shape index (κ1) is 20.1. The Bertz CT molecular complexity index is 831. The number of carbonyl (C=O) groups is 1. The van der Waals surface area contributed by atoms with Crippen LogP contribution in [-0.2, 0) is 11.0 Å². The Balaban J connectivity index is 1.50. The van der Waals surface area contributed by atoms with Gasteiger partial charge in [0.15, 0.2) is 0 Å². The molecule has 1 fully saturated rings. The highest BCUT2D eigenvalue weighted by Gasteiger charge is 2.31. The number of carbonyl (C=O) groups excluding carboxylic acids is 1. The van der Waals surface area contributed by atoms with Crippen LogP contribution in [0.15, 0.2) is 36.5 Å². The highest BCUT2D eigenvalue weighted by Crippen LogP contribution is 2.29. The number of anilines is 2. The fourth-order valence-corrected chi connectivity index (χ4v) is 2.99. The summed E-state index contributed by atoms with van der Waals surface area (Å²) in [7, 11) is 0. The number of amides is 1. The van der Waals surface area contributed by atoms with Gasteiger partial charge in [-0.15, -0.1) is 0 Å². The molecule has 0 aliphatic carbocycles. The first-order valence-electron chi connectivity index (χ1n) is 8.79. The summed E-state index contributed by atoms with van der Waals surface area (Å²) in [5, 5.41) is 2.56. The van der Waals surface area contributed by atoms with Crippen LogP contribution in [0.4, 0.5) is 29.1 Å². The van der Waals surface area contributed by atoms with Crippen LogP contribution < -0.4 is 10.2 Å². The molecule has 28 heavy (non-hydrogen) atoms. The van der Waals surface area contributed by atoms with Crippen molar-refractivity contribution in [3.8, 4) is 0 Å². The van der Waals surface area contributed by atoms with E-state index in [1.54, 1.807) is 13.0 Å². The molecule has 1 N–H and O–H groups in total.